The van der Waals surface area contributed by atoms with Crippen molar-refractivity contribution in [1.29, 1.82) is 5.26 Å². The van der Waals surface area contributed by atoms with Crippen LogP contribution in [0.15, 0.2) is 23.8 Å². The van der Waals surface area contributed by atoms with Gasteiger partial charge in [0.15, 0.2) is 18.1 Å². The Kier molecular flexibility index (Phi) is 8.45. The van der Waals surface area contributed by atoms with Crippen molar-refractivity contribution in [2.75, 3.05) is 6.61 Å². The number of carbonyl (C=O) groups is 3. The Morgan fingerprint density at radius 3 is 2.46 bits per heavy atom. The minimum Gasteiger partial charge on any atom is -0.447 e. The van der Waals surface area contributed by atoms with E-state index in [0.29, 0.717) is 12.8 Å². The number of alkyl halides is 2. The summed E-state index contributed by atoms with van der Waals surface area (Å²) in [5.74, 6) is -3.93. The van der Waals surface area contributed by atoms with Crippen LogP contribution in [0.4, 0.5) is 13.6 Å². The monoisotopic (exact) mass is 577 g/mol. The number of rotatable bonds is 8. The van der Waals surface area contributed by atoms with Crippen LogP contribution in [0, 0.1) is 39.9 Å². The van der Waals surface area contributed by atoms with Gasteiger partial charge in [-0.15, -0.1) is 0 Å². The van der Waals surface area contributed by atoms with Crippen LogP contribution in [0.3, 0.4) is 0 Å². The molecule has 4 aliphatic carbocycles. The summed E-state index contributed by atoms with van der Waals surface area (Å²) >= 11 is 0. The third-order valence-corrected chi connectivity index (χ3v) is 10.5. The van der Waals surface area contributed by atoms with Gasteiger partial charge in [-0.25, -0.2) is 18.4 Å². The molecule has 1 unspecified atom stereocenters. The number of aliphatic hydroxyl groups excluding tert-OH is 1. The molecule has 0 radical (unpaired) electrons. The molecule has 0 saturated heterocycles. The molecule has 3 saturated carbocycles. The van der Waals surface area contributed by atoms with E-state index >= 15 is 8.78 Å². The average molecular weight is 578 g/mol. The Balaban J connectivity index is 1.79. The van der Waals surface area contributed by atoms with E-state index in [-0.39, 0.29) is 24.8 Å². The molecule has 0 aromatic heterocycles. The first-order valence-electron chi connectivity index (χ1n) is 14.7. The molecule has 0 aromatic carbocycles. The van der Waals surface area contributed by atoms with Crippen LogP contribution in [0.5, 0.6) is 0 Å². The molecular formula is C31H41F2NO7. The van der Waals surface area contributed by atoms with Gasteiger partial charge in [0.1, 0.15) is 18.3 Å². The minimum atomic E-state index is -2.36. The second-order valence-electron chi connectivity index (χ2n) is 12.6. The van der Waals surface area contributed by atoms with Gasteiger partial charge >= 0.3 is 12.1 Å². The van der Waals surface area contributed by atoms with E-state index in [2.05, 4.69) is 0 Å². The van der Waals surface area contributed by atoms with E-state index in [1.807, 2.05) is 13.8 Å². The molecule has 226 valence electrons. The van der Waals surface area contributed by atoms with Gasteiger partial charge in [-0.3, -0.25) is 4.79 Å². The first-order chi connectivity index (χ1) is 19.3. The quantitative estimate of drug-likeness (QED) is 0.377. The summed E-state index contributed by atoms with van der Waals surface area (Å²) in [6.45, 7) is 8.12. The van der Waals surface area contributed by atoms with Gasteiger partial charge in [0.05, 0.1) is 6.10 Å². The van der Waals surface area contributed by atoms with E-state index in [0.717, 1.165) is 18.9 Å². The summed E-state index contributed by atoms with van der Waals surface area (Å²) in [4.78, 5) is 39.2. The Morgan fingerprint density at radius 1 is 1.20 bits per heavy atom. The van der Waals surface area contributed by atoms with Gasteiger partial charge in [-0.2, -0.15) is 5.26 Å². The van der Waals surface area contributed by atoms with Crippen LogP contribution in [0.2, 0.25) is 0 Å². The summed E-state index contributed by atoms with van der Waals surface area (Å²) in [6.07, 6.45) is 1.06. The van der Waals surface area contributed by atoms with Crippen molar-refractivity contribution in [3.8, 4) is 6.07 Å². The number of hydrogen-bond donors (Lipinski definition) is 1. The fourth-order valence-corrected chi connectivity index (χ4v) is 8.62. The van der Waals surface area contributed by atoms with Crippen molar-refractivity contribution < 1.29 is 42.5 Å². The van der Waals surface area contributed by atoms with Crippen molar-refractivity contribution in [3.63, 3.8) is 0 Å². The molecule has 0 spiro atoms. The number of ketones is 1. The molecule has 0 heterocycles. The number of aliphatic hydroxyl groups is 1. The number of halogens is 2. The van der Waals surface area contributed by atoms with Crippen molar-refractivity contribution in [2.45, 2.75) is 109 Å². The second kappa shape index (κ2) is 11.1. The molecule has 0 amide bonds. The van der Waals surface area contributed by atoms with Crippen molar-refractivity contribution >= 4 is 17.9 Å². The predicted molar refractivity (Wildman–Crippen MR) is 144 cm³/mol. The van der Waals surface area contributed by atoms with Gasteiger partial charge < -0.3 is 19.3 Å². The highest BCUT2D eigenvalue weighted by Crippen LogP contribution is 2.71. The average Bonchev–Trinajstić information content (AvgIpc) is 3.12. The number of nitriles is 1. The highest BCUT2D eigenvalue weighted by molar-refractivity contribution is 6.01. The first kappa shape index (κ1) is 31.1. The van der Waals surface area contributed by atoms with E-state index in [4.69, 9.17) is 19.5 Å². The van der Waals surface area contributed by atoms with Crippen LogP contribution >= 0.6 is 0 Å². The molecule has 8 nitrogen and oxygen atoms in total. The van der Waals surface area contributed by atoms with Gasteiger partial charge in [-0.1, -0.05) is 46.6 Å². The fraction of sp³-hybridized carbons (Fsp3) is 0.742. The topological polar surface area (TPSA) is 123 Å². The number of fused-ring (bicyclic) bond motifs is 5. The van der Waals surface area contributed by atoms with Crippen LogP contribution in [0.1, 0.15) is 79.6 Å². The lowest BCUT2D eigenvalue weighted by molar-refractivity contribution is -0.234. The summed E-state index contributed by atoms with van der Waals surface area (Å²) in [5.41, 5.74) is -7.35. The molecule has 1 N–H and O–H groups in total. The molecule has 10 heteroatoms. The molecule has 0 aromatic rings. The lowest BCUT2D eigenvalue weighted by atomic mass is 9.44. The number of esters is 1. The third-order valence-electron chi connectivity index (χ3n) is 10.5. The zero-order valence-electron chi connectivity index (χ0n) is 24.5. The van der Waals surface area contributed by atoms with Gasteiger partial charge in [0.25, 0.3) is 0 Å². The van der Waals surface area contributed by atoms with Gasteiger partial charge in [-0.05, 0) is 62.7 Å². The number of allylic oxidation sites excluding steroid dienone is 4. The molecule has 0 bridgehead atoms. The van der Waals surface area contributed by atoms with Crippen molar-refractivity contribution in [1.82, 2.24) is 0 Å². The number of ether oxygens (including phenoxy) is 3. The maximum absolute atomic E-state index is 17.5. The zero-order valence-corrected chi connectivity index (χ0v) is 24.5. The summed E-state index contributed by atoms with van der Waals surface area (Å²) in [5, 5.41) is 20.7. The van der Waals surface area contributed by atoms with E-state index in [1.54, 1.807) is 19.9 Å². The van der Waals surface area contributed by atoms with E-state index < -0.39 is 82.7 Å². The zero-order chi connectivity index (χ0) is 30.4. The molecule has 0 aliphatic heterocycles. The fourth-order valence-electron chi connectivity index (χ4n) is 8.62. The Labute approximate surface area is 240 Å². The molecule has 4 aliphatic rings. The minimum absolute atomic E-state index is 0.00476. The molecule has 9 atom stereocenters. The number of nitrogens with zero attached hydrogens (tertiary/aromatic N) is 1. The molecule has 4 rings (SSSR count). The molecule has 41 heavy (non-hydrogen) atoms. The number of carbonyl (C=O) groups excluding carboxylic acids is 3. The first-order valence-corrected chi connectivity index (χ1v) is 14.7. The maximum atomic E-state index is 17.5. The lowest BCUT2D eigenvalue weighted by Gasteiger charge is -2.62. The summed E-state index contributed by atoms with van der Waals surface area (Å²) < 4.78 is 50.1. The van der Waals surface area contributed by atoms with Crippen molar-refractivity contribution in [3.05, 3.63) is 23.8 Å². The maximum Gasteiger partial charge on any atom is 0.509 e. The normalized spacial score (nSPS) is 41.0. The van der Waals surface area contributed by atoms with Gasteiger partial charge in [0.2, 0.25) is 5.60 Å². The second-order valence-corrected chi connectivity index (χ2v) is 12.6. The Morgan fingerprint density at radius 2 is 1.85 bits per heavy atom. The SMILES string of the molecule is CCCC(CCC)OC(=O)O[C@@]1(C(=O)OCC#N)[C@H](C)C[C@H]2[C@@H]3C[C@H](F)C4=CC(=O)C=C[C@]4(C)C3(F)[C@@H](O)C[C@@]21C. The van der Waals surface area contributed by atoms with Crippen LogP contribution in [-0.4, -0.2) is 59.3 Å². The highest BCUT2D eigenvalue weighted by Gasteiger charge is 2.79. The Bertz CT molecular complexity index is 1180. The van der Waals surface area contributed by atoms with Gasteiger partial charge in [0, 0.05) is 22.7 Å². The molecular weight excluding hydrogens is 536 g/mol. The standard InChI is InChI=1S/C31H41F2NO7/c1-6-8-20(9-7-2)40-27(38)41-31(26(37)39-13-12-34)18(3)14-21-22-16-24(32)23-15-19(35)10-11-28(23,4)30(22,33)25(36)17-29(21,31)5/h10-11,15,18,20-22,24-25,36H,6-9,13-14,16-17H2,1-5H3/t18-,21+,22+,24+,25+,28+,29+,30?,31-/m1/s1. The molecule has 3 fully saturated rings. The number of hydrogen-bond acceptors (Lipinski definition) is 8. The largest absolute Gasteiger partial charge is 0.509 e. The van der Waals surface area contributed by atoms with Crippen LogP contribution in [-0.2, 0) is 23.8 Å². The van der Waals surface area contributed by atoms with E-state index in [9.17, 15) is 19.5 Å². The van der Waals surface area contributed by atoms with Crippen LogP contribution in [0.25, 0.3) is 0 Å². The Hall–Kier alpha value is -2.80. The predicted octanol–water partition coefficient (Wildman–Crippen LogP) is 5.48. The van der Waals surface area contributed by atoms with E-state index in [1.165, 1.54) is 19.1 Å². The summed E-state index contributed by atoms with van der Waals surface area (Å²) in [7, 11) is 0. The highest BCUT2D eigenvalue weighted by atomic mass is 19.1. The van der Waals surface area contributed by atoms with Crippen LogP contribution < -0.4 is 0 Å². The third kappa shape index (κ3) is 4.50. The smallest absolute Gasteiger partial charge is 0.447 e. The van der Waals surface area contributed by atoms with Crippen molar-refractivity contribution in [2.24, 2.45) is 28.6 Å². The summed E-state index contributed by atoms with van der Waals surface area (Å²) in [6, 6.07) is 1.75. The lowest BCUT2D eigenvalue weighted by Crippen LogP contribution is -2.71.